The van der Waals surface area contributed by atoms with E-state index < -0.39 is 5.97 Å². The molecule has 1 fully saturated rings. The molecule has 0 aliphatic carbocycles. The first-order chi connectivity index (χ1) is 10.7. The Morgan fingerprint density at radius 3 is 3.00 bits per heavy atom. The average Bonchev–Trinajstić information content (AvgIpc) is 3.08. The van der Waals surface area contributed by atoms with Crippen molar-refractivity contribution in [2.24, 2.45) is 0 Å². The first-order valence-electron chi connectivity index (χ1n) is 7.13. The molecule has 114 valence electrons. The SMILES string of the molecule is COC(=O)c1cnc(-c2cccc(F)c2)nc1C1CCCN1. The molecule has 6 heteroatoms. The first-order valence-corrected chi connectivity index (χ1v) is 7.13. The van der Waals surface area contributed by atoms with E-state index in [1.807, 2.05) is 0 Å². The van der Waals surface area contributed by atoms with Gasteiger partial charge in [-0.05, 0) is 31.5 Å². The van der Waals surface area contributed by atoms with E-state index in [0.29, 0.717) is 22.6 Å². The third kappa shape index (κ3) is 2.82. The molecule has 1 unspecified atom stereocenters. The lowest BCUT2D eigenvalue weighted by Gasteiger charge is -2.14. The van der Waals surface area contributed by atoms with Crippen molar-refractivity contribution < 1.29 is 13.9 Å². The summed E-state index contributed by atoms with van der Waals surface area (Å²) in [4.78, 5) is 20.6. The molecule has 1 saturated heterocycles. The summed E-state index contributed by atoms with van der Waals surface area (Å²) in [5.74, 6) is -0.413. The maximum Gasteiger partial charge on any atom is 0.341 e. The zero-order valence-electron chi connectivity index (χ0n) is 12.2. The highest BCUT2D eigenvalue weighted by Crippen LogP contribution is 2.27. The molecule has 2 aromatic rings. The number of methoxy groups -OCH3 is 1. The lowest BCUT2D eigenvalue weighted by atomic mass is 10.1. The molecule has 5 nitrogen and oxygen atoms in total. The van der Waals surface area contributed by atoms with Crippen molar-refractivity contribution in [2.45, 2.75) is 18.9 Å². The highest BCUT2D eigenvalue weighted by molar-refractivity contribution is 5.90. The standard InChI is InChI=1S/C16H16FN3O2/c1-22-16(21)12-9-19-15(10-4-2-5-11(17)8-10)20-14(12)13-6-3-7-18-13/h2,4-5,8-9,13,18H,3,6-7H2,1H3. The highest BCUT2D eigenvalue weighted by Gasteiger charge is 2.25. The summed E-state index contributed by atoms with van der Waals surface area (Å²) in [5.41, 5.74) is 1.54. The van der Waals surface area contributed by atoms with Crippen LogP contribution in [-0.2, 0) is 4.74 Å². The number of rotatable bonds is 3. The normalized spacial score (nSPS) is 17.5. The van der Waals surface area contributed by atoms with Gasteiger partial charge in [0.05, 0.1) is 18.8 Å². The minimum Gasteiger partial charge on any atom is -0.465 e. The number of halogens is 1. The number of hydrogen-bond donors (Lipinski definition) is 1. The molecule has 0 radical (unpaired) electrons. The van der Waals surface area contributed by atoms with Crippen LogP contribution in [0.4, 0.5) is 4.39 Å². The quantitative estimate of drug-likeness (QED) is 0.882. The van der Waals surface area contributed by atoms with Gasteiger partial charge in [0.1, 0.15) is 11.4 Å². The zero-order chi connectivity index (χ0) is 15.5. The number of carbonyl (C=O) groups excluding carboxylic acids is 1. The van der Waals surface area contributed by atoms with E-state index in [1.54, 1.807) is 12.1 Å². The smallest absolute Gasteiger partial charge is 0.341 e. The van der Waals surface area contributed by atoms with Crippen molar-refractivity contribution in [1.82, 2.24) is 15.3 Å². The third-order valence-corrected chi connectivity index (χ3v) is 3.70. The Kier molecular flexibility index (Phi) is 4.11. The van der Waals surface area contributed by atoms with Crippen LogP contribution < -0.4 is 5.32 Å². The largest absolute Gasteiger partial charge is 0.465 e. The summed E-state index contributed by atoms with van der Waals surface area (Å²) < 4.78 is 18.2. The van der Waals surface area contributed by atoms with Gasteiger partial charge in [-0.1, -0.05) is 12.1 Å². The summed E-state index contributed by atoms with van der Waals surface area (Å²) in [5, 5.41) is 3.31. The number of hydrogen-bond acceptors (Lipinski definition) is 5. The Labute approximate surface area is 127 Å². The molecule has 0 amide bonds. The second-order valence-corrected chi connectivity index (χ2v) is 5.14. The maximum atomic E-state index is 13.4. The molecular weight excluding hydrogens is 285 g/mol. The Balaban J connectivity index is 2.06. The van der Waals surface area contributed by atoms with Gasteiger partial charge < -0.3 is 10.1 Å². The van der Waals surface area contributed by atoms with Crippen molar-refractivity contribution in [3.8, 4) is 11.4 Å². The topological polar surface area (TPSA) is 64.1 Å². The van der Waals surface area contributed by atoms with E-state index in [2.05, 4.69) is 15.3 Å². The van der Waals surface area contributed by atoms with Crippen LogP contribution in [0.5, 0.6) is 0 Å². The van der Waals surface area contributed by atoms with Gasteiger partial charge in [0.25, 0.3) is 0 Å². The van der Waals surface area contributed by atoms with Crippen molar-refractivity contribution in [1.29, 1.82) is 0 Å². The number of esters is 1. The molecule has 1 N–H and O–H groups in total. The molecule has 0 saturated carbocycles. The minimum atomic E-state index is -0.463. The number of benzene rings is 1. The fourth-order valence-corrected chi connectivity index (χ4v) is 2.61. The van der Waals surface area contributed by atoms with E-state index in [0.717, 1.165) is 19.4 Å². The summed E-state index contributed by atoms with van der Waals surface area (Å²) >= 11 is 0. The van der Waals surface area contributed by atoms with Crippen molar-refractivity contribution in [3.05, 3.63) is 47.5 Å². The van der Waals surface area contributed by atoms with Crippen LogP contribution in [-0.4, -0.2) is 29.6 Å². The van der Waals surface area contributed by atoms with E-state index in [-0.39, 0.29) is 11.9 Å². The Morgan fingerprint density at radius 1 is 1.45 bits per heavy atom. The van der Waals surface area contributed by atoms with E-state index in [1.165, 1.54) is 25.4 Å². The van der Waals surface area contributed by atoms with E-state index >= 15 is 0 Å². The van der Waals surface area contributed by atoms with Crippen LogP contribution in [0, 0.1) is 5.82 Å². The van der Waals surface area contributed by atoms with E-state index in [4.69, 9.17) is 4.74 Å². The summed E-state index contributed by atoms with van der Waals surface area (Å²) in [7, 11) is 1.33. The van der Waals surface area contributed by atoms with Gasteiger partial charge in [-0.25, -0.2) is 19.2 Å². The molecule has 2 heterocycles. The maximum absolute atomic E-state index is 13.4. The zero-order valence-corrected chi connectivity index (χ0v) is 12.2. The minimum absolute atomic E-state index is 0.00981. The van der Waals surface area contributed by atoms with Crippen LogP contribution in [0.15, 0.2) is 30.5 Å². The van der Waals surface area contributed by atoms with Crippen LogP contribution in [0.2, 0.25) is 0 Å². The van der Waals surface area contributed by atoms with Gasteiger partial charge in [-0.3, -0.25) is 0 Å². The Hall–Kier alpha value is -2.34. The predicted octanol–water partition coefficient (Wildman–Crippen LogP) is 2.49. The fraction of sp³-hybridized carbons (Fsp3) is 0.312. The first kappa shape index (κ1) is 14.6. The lowest BCUT2D eigenvalue weighted by molar-refractivity contribution is 0.0597. The summed E-state index contributed by atoms with van der Waals surface area (Å²) in [6, 6.07) is 6.08. The average molecular weight is 301 g/mol. The fourth-order valence-electron chi connectivity index (χ4n) is 2.61. The van der Waals surface area contributed by atoms with E-state index in [9.17, 15) is 9.18 Å². The molecule has 1 aromatic carbocycles. The summed E-state index contributed by atoms with van der Waals surface area (Å²) in [6.07, 6.45) is 3.36. The molecule has 22 heavy (non-hydrogen) atoms. The number of carbonyl (C=O) groups is 1. The third-order valence-electron chi connectivity index (χ3n) is 3.70. The number of nitrogens with zero attached hydrogens (tertiary/aromatic N) is 2. The second kappa shape index (κ2) is 6.19. The molecule has 0 bridgehead atoms. The molecule has 1 aromatic heterocycles. The predicted molar refractivity (Wildman–Crippen MR) is 78.7 cm³/mol. The van der Waals surface area contributed by atoms with Crippen LogP contribution in [0.1, 0.15) is 34.9 Å². The molecule has 1 aliphatic rings. The van der Waals surface area contributed by atoms with Gasteiger partial charge in [0.2, 0.25) is 0 Å². The van der Waals surface area contributed by atoms with Crippen molar-refractivity contribution in [3.63, 3.8) is 0 Å². The molecule has 3 rings (SSSR count). The molecular formula is C16H16FN3O2. The van der Waals surface area contributed by atoms with Crippen LogP contribution in [0.3, 0.4) is 0 Å². The monoisotopic (exact) mass is 301 g/mol. The Bertz CT molecular complexity index is 700. The molecule has 1 atom stereocenters. The summed E-state index contributed by atoms with van der Waals surface area (Å²) in [6.45, 7) is 0.880. The van der Waals surface area contributed by atoms with Crippen LogP contribution in [0.25, 0.3) is 11.4 Å². The highest BCUT2D eigenvalue weighted by atomic mass is 19.1. The Morgan fingerprint density at radius 2 is 2.32 bits per heavy atom. The van der Waals surface area contributed by atoms with Gasteiger partial charge in [-0.2, -0.15) is 0 Å². The molecule has 1 aliphatic heterocycles. The lowest BCUT2D eigenvalue weighted by Crippen LogP contribution is -2.19. The van der Waals surface area contributed by atoms with Crippen molar-refractivity contribution >= 4 is 5.97 Å². The number of ether oxygens (including phenoxy) is 1. The van der Waals surface area contributed by atoms with Gasteiger partial charge in [0, 0.05) is 11.8 Å². The van der Waals surface area contributed by atoms with Gasteiger partial charge in [0.15, 0.2) is 5.82 Å². The van der Waals surface area contributed by atoms with Crippen molar-refractivity contribution in [2.75, 3.05) is 13.7 Å². The van der Waals surface area contributed by atoms with Crippen LogP contribution >= 0.6 is 0 Å². The molecule has 0 spiro atoms. The number of nitrogens with one attached hydrogen (secondary N) is 1. The number of aromatic nitrogens is 2. The van der Waals surface area contributed by atoms with Gasteiger partial charge in [-0.15, -0.1) is 0 Å². The van der Waals surface area contributed by atoms with Gasteiger partial charge >= 0.3 is 5.97 Å². The second-order valence-electron chi connectivity index (χ2n) is 5.14.